The second-order valence-electron chi connectivity index (χ2n) is 6.14. The lowest BCUT2D eigenvalue weighted by Crippen LogP contribution is -2.00. The number of thioether (sulfide) groups is 1. The highest BCUT2D eigenvalue weighted by molar-refractivity contribution is 8.00. The van der Waals surface area contributed by atoms with Crippen LogP contribution in [0.3, 0.4) is 0 Å². The molecule has 4 rings (SSSR count). The molecule has 0 bridgehead atoms. The molecule has 0 unspecified atom stereocenters. The summed E-state index contributed by atoms with van der Waals surface area (Å²) in [5.41, 5.74) is 3.13. The Morgan fingerprint density at radius 3 is 2.71 bits per heavy atom. The molecule has 0 radical (unpaired) electrons. The van der Waals surface area contributed by atoms with E-state index in [2.05, 4.69) is 45.2 Å². The van der Waals surface area contributed by atoms with E-state index in [9.17, 15) is 0 Å². The molecule has 0 aliphatic carbocycles. The fraction of sp³-hybridized carbons (Fsp3) is 0.250. The van der Waals surface area contributed by atoms with Crippen molar-refractivity contribution in [1.29, 1.82) is 0 Å². The van der Waals surface area contributed by atoms with Gasteiger partial charge in [-0.2, -0.15) is 0 Å². The van der Waals surface area contributed by atoms with Gasteiger partial charge in [-0.15, -0.1) is 10.2 Å². The summed E-state index contributed by atoms with van der Waals surface area (Å²) in [6.07, 6.45) is 1.06. The number of anilines is 1. The Kier molecular flexibility index (Phi) is 5.78. The van der Waals surface area contributed by atoms with Crippen molar-refractivity contribution in [2.45, 2.75) is 23.4 Å². The maximum atomic E-state index is 5.29. The maximum absolute atomic E-state index is 5.29. The van der Waals surface area contributed by atoms with Crippen molar-refractivity contribution in [3.05, 3.63) is 54.4 Å². The molecule has 0 saturated carbocycles. The topological polar surface area (TPSA) is 64.9 Å². The van der Waals surface area contributed by atoms with E-state index in [1.54, 1.807) is 30.2 Å². The minimum atomic E-state index is 0.711. The van der Waals surface area contributed by atoms with Crippen LogP contribution >= 0.6 is 23.1 Å². The molecule has 8 heteroatoms. The maximum Gasteiger partial charge on any atom is 0.206 e. The van der Waals surface area contributed by atoms with Gasteiger partial charge in [0.1, 0.15) is 11.6 Å². The van der Waals surface area contributed by atoms with Crippen molar-refractivity contribution in [3.63, 3.8) is 0 Å². The van der Waals surface area contributed by atoms with Gasteiger partial charge in [-0.25, -0.2) is 4.98 Å². The highest BCUT2D eigenvalue weighted by Gasteiger charge is 2.14. The Morgan fingerprint density at radius 2 is 1.93 bits per heavy atom. The molecule has 0 saturated heterocycles. The van der Waals surface area contributed by atoms with Gasteiger partial charge in [0.25, 0.3) is 0 Å². The molecule has 1 N–H and O–H groups in total. The van der Waals surface area contributed by atoms with E-state index < -0.39 is 0 Å². The molecule has 2 aromatic carbocycles. The van der Waals surface area contributed by atoms with E-state index >= 15 is 0 Å². The molecule has 2 heterocycles. The molecule has 28 heavy (non-hydrogen) atoms. The van der Waals surface area contributed by atoms with Gasteiger partial charge in [-0.3, -0.25) is 4.57 Å². The summed E-state index contributed by atoms with van der Waals surface area (Å²) in [7, 11) is 1.68. The summed E-state index contributed by atoms with van der Waals surface area (Å²) in [5.74, 6) is 2.53. The number of para-hydroxylation sites is 2. The van der Waals surface area contributed by atoms with Gasteiger partial charge in [0, 0.05) is 12.2 Å². The zero-order chi connectivity index (χ0) is 19.3. The predicted molar refractivity (Wildman–Crippen MR) is 116 cm³/mol. The first-order valence-electron chi connectivity index (χ1n) is 9.09. The molecule has 144 valence electrons. The molecule has 0 aliphatic rings. The summed E-state index contributed by atoms with van der Waals surface area (Å²) in [4.78, 5) is 4.85. The van der Waals surface area contributed by atoms with Crippen LogP contribution in [-0.2, 0) is 5.75 Å². The highest BCUT2D eigenvalue weighted by atomic mass is 32.2. The number of rotatable bonds is 8. The van der Waals surface area contributed by atoms with Gasteiger partial charge in [0.2, 0.25) is 5.13 Å². The van der Waals surface area contributed by atoms with Crippen molar-refractivity contribution in [3.8, 4) is 11.4 Å². The number of hydrogen-bond acceptors (Lipinski definition) is 7. The lowest BCUT2D eigenvalue weighted by molar-refractivity contribution is 0.414. The zero-order valence-corrected chi connectivity index (χ0v) is 17.4. The quantitative estimate of drug-likeness (QED) is 0.412. The average Bonchev–Trinajstić information content (AvgIpc) is 3.34. The van der Waals surface area contributed by atoms with Crippen LogP contribution in [0.4, 0.5) is 5.13 Å². The Hall–Kier alpha value is -2.58. The normalized spacial score (nSPS) is 11.1. The molecule has 0 atom stereocenters. The highest BCUT2D eigenvalue weighted by Crippen LogP contribution is 2.31. The van der Waals surface area contributed by atoms with Crippen LogP contribution in [0.1, 0.15) is 19.2 Å². The van der Waals surface area contributed by atoms with E-state index in [1.807, 2.05) is 30.3 Å². The molecular weight excluding hydrogens is 390 g/mol. The van der Waals surface area contributed by atoms with Crippen LogP contribution in [0.15, 0.2) is 52.9 Å². The molecule has 4 aromatic rings. The molecule has 0 aliphatic heterocycles. The van der Waals surface area contributed by atoms with Gasteiger partial charge < -0.3 is 10.1 Å². The first kappa shape index (κ1) is 18.8. The smallest absolute Gasteiger partial charge is 0.206 e. The first-order chi connectivity index (χ1) is 13.8. The van der Waals surface area contributed by atoms with Crippen molar-refractivity contribution in [2.24, 2.45) is 0 Å². The molecule has 0 amide bonds. The summed E-state index contributed by atoms with van der Waals surface area (Å²) < 4.78 is 8.42. The largest absolute Gasteiger partial charge is 0.497 e. The molecule has 2 aromatic heterocycles. The third kappa shape index (κ3) is 3.98. The SMILES string of the molecule is CCCNc1nnc(SCc2nc3ccccc3n2-c2ccc(OC)cc2)s1. The Bertz CT molecular complexity index is 1060. The summed E-state index contributed by atoms with van der Waals surface area (Å²) in [5, 5.41) is 12.6. The third-order valence-corrected chi connectivity index (χ3v) is 6.23. The monoisotopic (exact) mass is 411 g/mol. The summed E-state index contributed by atoms with van der Waals surface area (Å²) in [6, 6.07) is 16.2. The van der Waals surface area contributed by atoms with Crippen LogP contribution in [0, 0.1) is 0 Å². The predicted octanol–water partition coefficient (Wildman–Crippen LogP) is 5.00. The molecule has 0 fully saturated rings. The van der Waals surface area contributed by atoms with Crippen molar-refractivity contribution in [1.82, 2.24) is 19.7 Å². The number of nitrogens with one attached hydrogen (secondary N) is 1. The minimum absolute atomic E-state index is 0.711. The fourth-order valence-electron chi connectivity index (χ4n) is 2.89. The number of methoxy groups -OCH3 is 1. The first-order valence-corrected chi connectivity index (χ1v) is 10.9. The van der Waals surface area contributed by atoms with E-state index in [0.717, 1.165) is 50.7 Å². The number of benzene rings is 2. The Labute approximate surface area is 172 Å². The van der Waals surface area contributed by atoms with Gasteiger partial charge in [-0.1, -0.05) is 42.2 Å². The van der Waals surface area contributed by atoms with Gasteiger partial charge in [0.15, 0.2) is 4.34 Å². The summed E-state index contributed by atoms with van der Waals surface area (Å²) in [6.45, 7) is 3.04. The lowest BCUT2D eigenvalue weighted by Gasteiger charge is -2.09. The average molecular weight is 412 g/mol. The van der Waals surface area contributed by atoms with Gasteiger partial charge in [-0.05, 0) is 42.8 Å². The molecular formula is C20H21N5OS2. The molecule has 0 spiro atoms. The fourth-order valence-corrected chi connectivity index (χ4v) is 4.59. The van der Waals surface area contributed by atoms with Crippen LogP contribution in [0.5, 0.6) is 5.75 Å². The van der Waals surface area contributed by atoms with Gasteiger partial charge in [0.05, 0.1) is 23.9 Å². The number of imidazole rings is 1. The standard InChI is InChI=1S/C20H21N5OS2/c1-3-12-21-19-23-24-20(28-19)27-13-18-22-16-6-4-5-7-17(16)25(18)14-8-10-15(26-2)11-9-14/h4-11H,3,12-13H2,1-2H3,(H,21,23). The number of fused-ring (bicyclic) bond motifs is 1. The number of hydrogen-bond donors (Lipinski definition) is 1. The Balaban J connectivity index is 1.62. The van der Waals surface area contributed by atoms with Crippen molar-refractivity contribution >= 4 is 39.3 Å². The van der Waals surface area contributed by atoms with E-state index in [0.29, 0.717) is 5.75 Å². The molecule has 6 nitrogen and oxygen atoms in total. The van der Waals surface area contributed by atoms with Crippen LogP contribution < -0.4 is 10.1 Å². The third-order valence-electron chi connectivity index (χ3n) is 4.22. The van der Waals surface area contributed by atoms with Crippen molar-refractivity contribution in [2.75, 3.05) is 19.0 Å². The number of aromatic nitrogens is 4. The van der Waals surface area contributed by atoms with Crippen LogP contribution in [0.2, 0.25) is 0 Å². The minimum Gasteiger partial charge on any atom is -0.497 e. The van der Waals surface area contributed by atoms with Crippen LogP contribution in [-0.4, -0.2) is 33.4 Å². The Morgan fingerprint density at radius 1 is 1.11 bits per heavy atom. The van der Waals surface area contributed by atoms with Crippen LogP contribution in [0.25, 0.3) is 16.7 Å². The second kappa shape index (κ2) is 8.62. The number of nitrogens with zero attached hydrogens (tertiary/aromatic N) is 4. The number of ether oxygens (including phenoxy) is 1. The van der Waals surface area contributed by atoms with Gasteiger partial charge >= 0.3 is 0 Å². The second-order valence-corrected chi connectivity index (χ2v) is 8.34. The van der Waals surface area contributed by atoms with Crippen molar-refractivity contribution < 1.29 is 4.74 Å². The van der Waals surface area contributed by atoms with E-state index in [-0.39, 0.29) is 0 Å². The zero-order valence-electron chi connectivity index (χ0n) is 15.8. The van der Waals surface area contributed by atoms with E-state index in [1.165, 1.54) is 0 Å². The van der Waals surface area contributed by atoms with E-state index in [4.69, 9.17) is 9.72 Å². The lowest BCUT2D eigenvalue weighted by atomic mass is 10.2. The summed E-state index contributed by atoms with van der Waals surface area (Å²) >= 11 is 3.24.